The van der Waals surface area contributed by atoms with Crippen molar-refractivity contribution in [2.24, 2.45) is 17.6 Å². The maximum absolute atomic E-state index is 12.5. The largest absolute Gasteiger partial charge is 0.480 e. The van der Waals surface area contributed by atoms with Crippen molar-refractivity contribution in [1.29, 1.82) is 0 Å². The second kappa shape index (κ2) is 12.6. The van der Waals surface area contributed by atoms with E-state index in [-0.39, 0.29) is 17.6 Å². The molecule has 0 aromatic carbocycles. The number of carbonyl (C=O) groups excluding carboxylic acids is 3. The van der Waals surface area contributed by atoms with Gasteiger partial charge in [-0.3, -0.25) is 14.4 Å². The second-order valence-corrected chi connectivity index (χ2v) is 7.01. The topological polar surface area (TPSA) is 151 Å². The van der Waals surface area contributed by atoms with Crippen LogP contribution < -0.4 is 21.7 Å². The molecule has 6 N–H and O–H groups in total. The highest BCUT2D eigenvalue weighted by molar-refractivity contribution is 7.80. The van der Waals surface area contributed by atoms with E-state index in [4.69, 9.17) is 10.8 Å². The number of hydrogen-bond acceptors (Lipinski definition) is 6. The molecular formula is C17H32N4O5S. The lowest BCUT2D eigenvalue weighted by molar-refractivity contribution is -0.141. The molecule has 0 heterocycles. The Bertz CT molecular complexity index is 531. The molecule has 0 aliphatic heterocycles. The number of amides is 3. The number of nitrogens with one attached hydrogen (secondary N) is 3. The zero-order chi connectivity index (χ0) is 21.1. The third kappa shape index (κ3) is 8.61. The monoisotopic (exact) mass is 404 g/mol. The summed E-state index contributed by atoms with van der Waals surface area (Å²) in [5.41, 5.74) is 5.91. The van der Waals surface area contributed by atoms with Crippen LogP contribution in [0, 0.1) is 11.8 Å². The Morgan fingerprint density at radius 3 is 2.00 bits per heavy atom. The minimum atomic E-state index is -1.21. The summed E-state index contributed by atoms with van der Waals surface area (Å²) in [6.07, 6.45) is 1.36. The number of carbonyl (C=O) groups is 4. The van der Waals surface area contributed by atoms with E-state index < -0.39 is 48.4 Å². The van der Waals surface area contributed by atoms with Crippen LogP contribution >= 0.6 is 12.6 Å². The van der Waals surface area contributed by atoms with Gasteiger partial charge in [-0.2, -0.15) is 12.6 Å². The highest BCUT2D eigenvalue weighted by Crippen LogP contribution is 2.10. The Morgan fingerprint density at radius 2 is 1.56 bits per heavy atom. The minimum absolute atomic E-state index is 0.0365. The van der Waals surface area contributed by atoms with E-state index in [1.54, 1.807) is 6.92 Å². The molecule has 27 heavy (non-hydrogen) atoms. The molecule has 0 aliphatic rings. The number of carboxylic acids is 1. The fraction of sp³-hybridized carbons (Fsp3) is 0.765. The van der Waals surface area contributed by atoms with Crippen LogP contribution in [0.25, 0.3) is 0 Å². The first-order valence-corrected chi connectivity index (χ1v) is 9.68. The van der Waals surface area contributed by atoms with Gasteiger partial charge in [-0.25, -0.2) is 4.79 Å². The van der Waals surface area contributed by atoms with Crippen LogP contribution in [0.1, 0.15) is 40.5 Å². The fourth-order valence-corrected chi connectivity index (χ4v) is 2.42. The van der Waals surface area contributed by atoms with Crippen LogP contribution in [0.4, 0.5) is 0 Å². The molecule has 156 valence electrons. The molecule has 0 aromatic rings. The number of hydrogen-bond donors (Lipinski definition) is 6. The highest BCUT2D eigenvalue weighted by Gasteiger charge is 2.29. The number of thiol groups is 1. The summed E-state index contributed by atoms with van der Waals surface area (Å²) in [4.78, 5) is 47.5. The summed E-state index contributed by atoms with van der Waals surface area (Å²) in [5.74, 6) is -3.11. The highest BCUT2D eigenvalue weighted by atomic mass is 32.1. The average molecular weight is 405 g/mol. The molecule has 0 aliphatic carbocycles. The lowest BCUT2D eigenvalue weighted by Gasteiger charge is -2.26. The van der Waals surface area contributed by atoms with E-state index >= 15 is 0 Å². The van der Waals surface area contributed by atoms with Crippen LogP contribution in [0.15, 0.2) is 0 Å². The smallest absolute Gasteiger partial charge is 0.327 e. The quantitative estimate of drug-likeness (QED) is 0.242. The molecule has 0 radical (unpaired) electrons. The molecule has 0 saturated heterocycles. The summed E-state index contributed by atoms with van der Waals surface area (Å²) in [5, 5.41) is 16.2. The van der Waals surface area contributed by atoms with Crippen LogP contribution in [0.5, 0.6) is 0 Å². The van der Waals surface area contributed by atoms with Gasteiger partial charge >= 0.3 is 5.97 Å². The first-order chi connectivity index (χ1) is 12.6. The van der Waals surface area contributed by atoms with Gasteiger partial charge in [0.2, 0.25) is 17.7 Å². The summed E-state index contributed by atoms with van der Waals surface area (Å²) >= 11 is 3.85. The molecule has 0 aromatic heterocycles. The van der Waals surface area contributed by atoms with E-state index in [0.29, 0.717) is 6.42 Å². The van der Waals surface area contributed by atoms with Crippen molar-refractivity contribution < 1.29 is 24.3 Å². The summed E-state index contributed by atoms with van der Waals surface area (Å²) in [6.45, 7) is 7.05. The lowest BCUT2D eigenvalue weighted by atomic mass is 9.95. The summed E-state index contributed by atoms with van der Waals surface area (Å²) in [7, 11) is 0. The zero-order valence-corrected chi connectivity index (χ0v) is 17.2. The number of rotatable bonds is 12. The van der Waals surface area contributed by atoms with Gasteiger partial charge in [-0.05, 0) is 11.8 Å². The molecule has 0 saturated carbocycles. The first-order valence-electron chi connectivity index (χ1n) is 9.05. The van der Waals surface area contributed by atoms with Crippen molar-refractivity contribution in [3.63, 3.8) is 0 Å². The van der Waals surface area contributed by atoms with E-state index in [2.05, 4.69) is 28.6 Å². The normalized spacial score (nSPS) is 16.4. The van der Waals surface area contributed by atoms with Gasteiger partial charge in [0, 0.05) is 5.75 Å². The molecular weight excluding hydrogens is 372 g/mol. The Balaban J connectivity index is 4.87. The molecule has 3 amide bonds. The molecule has 10 heteroatoms. The Morgan fingerprint density at radius 1 is 1.00 bits per heavy atom. The van der Waals surface area contributed by atoms with Gasteiger partial charge in [0.1, 0.15) is 12.1 Å². The van der Waals surface area contributed by atoms with Crippen LogP contribution in [0.2, 0.25) is 0 Å². The average Bonchev–Trinajstić information content (AvgIpc) is 2.65. The maximum atomic E-state index is 12.5. The summed E-state index contributed by atoms with van der Waals surface area (Å²) in [6, 6.07) is -2.72. The van der Waals surface area contributed by atoms with Gasteiger partial charge in [0.15, 0.2) is 0 Å². The maximum Gasteiger partial charge on any atom is 0.327 e. The number of nitrogens with two attached hydrogens (primary N) is 1. The van der Waals surface area contributed by atoms with Gasteiger partial charge < -0.3 is 26.8 Å². The van der Waals surface area contributed by atoms with Crippen molar-refractivity contribution in [2.45, 2.75) is 58.7 Å². The number of carboxylic acid groups (broad SMARTS) is 1. The van der Waals surface area contributed by atoms with Crippen molar-refractivity contribution in [2.75, 3.05) is 12.3 Å². The van der Waals surface area contributed by atoms with Gasteiger partial charge in [-0.1, -0.05) is 40.5 Å². The third-order valence-electron chi connectivity index (χ3n) is 4.59. The van der Waals surface area contributed by atoms with Crippen LogP contribution in [-0.4, -0.2) is 59.2 Å². The predicted molar refractivity (Wildman–Crippen MR) is 105 cm³/mol. The lowest BCUT2D eigenvalue weighted by Crippen LogP contribution is -2.56. The van der Waals surface area contributed by atoms with Gasteiger partial charge in [0.25, 0.3) is 0 Å². The standard InChI is InChI=1S/C17H32N4O5S/c1-5-9(3)13(18)15(23)21-14(10(4)6-2)16(24)19-7-12(22)20-11(8-27)17(25)26/h9-11,13-14,27H,5-8,18H2,1-4H3,(H,19,24)(H,20,22)(H,21,23)(H,25,26). The molecule has 0 fully saturated rings. The second-order valence-electron chi connectivity index (χ2n) is 6.64. The molecule has 9 nitrogen and oxygen atoms in total. The molecule has 0 spiro atoms. The molecule has 5 atom stereocenters. The SMILES string of the molecule is CCC(C)C(N)C(=O)NC(C(=O)NCC(=O)NC(CS)C(=O)O)C(C)CC. The van der Waals surface area contributed by atoms with Gasteiger partial charge in [0.05, 0.1) is 12.6 Å². The molecule has 0 bridgehead atoms. The molecule has 5 unspecified atom stereocenters. The van der Waals surface area contributed by atoms with Crippen molar-refractivity contribution >= 4 is 36.3 Å². The van der Waals surface area contributed by atoms with E-state index in [1.165, 1.54) is 0 Å². The van der Waals surface area contributed by atoms with Crippen molar-refractivity contribution in [3.05, 3.63) is 0 Å². The summed E-state index contributed by atoms with van der Waals surface area (Å²) < 4.78 is 0. The first kappa shape index (κ1) is 25.2. The van der Waals surface area contributed by atoms with Crippen molar-refractivity contribution in [1.82, 2.24) is 16.0 Å². The van der Waals surface area contributed by atoms with Gasteiger partial charge in [-0.15, -0.1) is 0 Å². The van der Waals surface area contributed by atoms with E-state index in [1.807, 2.05) is 20.8 Å². The van der Waals surface area contributed by atoms with Crippen LogP contribution in [-0.2, 0) is 19.2 Å². The zero-order valence-electron chi connectivity index (χ0n) is 16.3. The Kier molecular flexibility index (Phi) is 11.7. The predicted octanol–water partition coefficient (Wildman–Crippen LogP) is -0.494. The Labute approximate surface area is 165 Å². The number of aliphatic carboxylic acids is 1. The fourth-order valence-electron chi connectivity index (χ4n) is 2.17. The van der Waals surface area contributed by atoms with Crippen LogP contribution in [0.3, 0.4) is 0 Å². The van der Waals surface area contributed by atoms with E-state index in [9.17, 15) is 19.2 Å². The third-order valence-corrected chi connectivity index (χ3v) is 4.96. The van der Waals surface area contributed by atoms with Crippen molar-refractivity contribution in [3.8, 4) is 0 Å². The minimum Gasteiger partial charge on any atom is -0.480 e. The van der Waals surface area contributed by atoms with E-state index in [0.717, 1.165) is 6.42 Å². The Hall–Kier alpha value is -1.81. The molecule has 0 rings (SSSR count).